The number of likely N-dealkylation sites (tertiary alicyclic amines) is 1. The quantitative estimate of drug-likeness (QED) is 0.679. The van der Waals surface area contributed by atoms with E-state index in [0.717, 1.165) is 29.8 Å². The van der Waals surface area contributed by atoms with Crippen LogP contribution in [-0.4, -0.2) is 38.7 Å². The Morgan fingerprint density at radius 2 is 1.69 bits per heavy atom. The molecule has 1 spiro atoms. The van der Waals surface area contributed by atoms with E-state index in [1.54, 1.807) is 4.57 Å². The number of aromatic nitrogens is 3. The molecule has 29 heavy (non-hydrogen) atoms. The van der Waals surface area contributed by atoms with E-state index in [4.69, 9.17) is 0 Å². The molecule has 2 aliphatic heterocycles. The Morgan fingerprint density at radius 3 is 2.45 bits per heavy atom. The third-order valence-electron chi connectivity index (χ3n) is 6.22. The van der Waals surface area contributed by atoms with Crippen LogP contribution >= 0.6 is 0 Å². The predicted octanol–water partition coefficient (Wildman–Crippen LogP) is 2.80. The number of hydrogen-bond acceptors (Lipinski definition) is 4. The third-order valence-corrected chi connectivity index (χ3v) is 6.22. The lowest BCUT2D eigenvalue weighted by Gasteiger charge is -2.23. The maximum Gasteiger partial charge on any atom is 0.280 e. The zero-order chi connectivity index (χ0) is 20.0. The van der Waals surface area contributed by atoms with Crippen LogP contribution in [0.4, 0.5) is 0 Å². The summed E-state index contributed by atoms with van der Waals surface area (Å²) in [6.07, 6.45) is 1.62. The van der Waals surface area contributed by atoms with Crippen LogP contribution in [-0.2, 0) is 12.0 Å². The fourth-order valence-electron chi connectivity index (χ4n) is 4.54. The lowest BCUT2D eigenvalue weighted by Crippen LogP contribution is -2.35. The van der Waals surface area contributed by atoms with Crippen molar-refractivity contribution in [1.29, 1.82) is 0 Å². The molecular formula is C23H22N4O2. The summed E-state index contributed by atoms with van der Waals surface area (Å²) < 4.78 is 1.76. The van der Waals surface area contributed by atoms with E-state index in [0.29, 0.717) is 30.9 Å². The SMILES string of the molecule is Cc1ccc(C(=O)N2CC[C@]3(CCn4c3nnc(-c3ccccc3)c4=O)C2)cc1. The van der Waals surface area contributed by atoms with Crippen LogP contribution in [0, 0.1) is 6.92 Å². The van der Waals surface area contributed by atoms with Gasteiger partial charge in [0.1, 0.15) is 5.82 Å². The second-order valence-corrected chi connectivity index (χ2v) is 8.07. The smallest absolute Gasteiger partial charge is 0.280 e. The van der Waals surface area contributed by atoms with Gasteiger partial charge in [0.25, 0.3) is 11.5 Å². The third kappa shape index (κ3) is 2.87. The first-order chi connectivity index (χ1) is 14.1. The molecule has 2 aliphatic rings. The van der Waals surface area contributed by atoms with Crippen molar-refractivity contribution in [2.75, 3.05) is 13.1 Å². The summed E-state index contributed by atoms with van der Waals surface area (Å²) in [5.74, 6) is 0.762. The molecule has 3 aromatic rings. The summed E-state index contributed by atoms with van der Waals surface area (Å²) in [5, 5.41) is 8.77. The maximum atomic E-state index is 13.1. The van der Waals surface area contributed by atoms with Gasteiger partial charge >= 0.3 is 0 Å². The molecule has 146 valence electrons. The van der Waals surface area contributed by atoms with Crippen LogP contribution in [0.3, 0.4) is 0 Å². The van der Waals surface area contributed by atoms with Crippen molar-refractivity contribution in [3.05, 3.63) is 81.9 Å². The standard InChI is InChI=1S/C23H22N4O2/c1-16-7-9-18(10-8-16)20(28)26-13-11-23(15-26)12-14-27-21(29)19(24-25-22(23)27)17-5-3-2-4-6-17/h2-10H,11-15H2,1H3/t23-/m0/s1. The van der Waals surface area contributed by atoms with Gasteiger partial charge < -0.3 is 4.90 Å². The number of carbonyl (C=O) groups is 1. The topological polar surface area (TPSA) is 68.1 Å². The summed E-state index contributed by atoms with van der Waals surface area (Å²) in [6, 6.07) is 17.1. The van der Waals surface area contributed by atoms with E-state index in [-0.39, 0.29) is 16.9 Å². The highest BCUT2D eigenvalue weighted by molar-refractivity contribution is 5.94. The monoisotopic (exact) mass is 386 g/mol. The van der Waals surface area contributed by atoms with Crippen molar-refractivity contribution in [3.8, 4) is 11.3 Å². The van der Waals surface area contributed by atoms with Crippen LogP contribution in [0.1, 0.15) is 34.6 Å². The molecule has 0 aliphatic carbocycles. The molecule has 1 atom stereocenters. The zero-order valence-electron chi connectivity index (χ0n) is 16.3. The molecule has 0 saturated carbocycles. The van der Waals surface area contributed by atoms with Gasteiger partial charge in [-0.2, -0.15) is 0 Å². The average molecular weight is 386 g/mol. The average Bonchev–Trinajstić information content (AvgIpc) is 3.34. The van der Waals surface area contributed by atoms with Gasteiger partial charge in [-0.15, -0.1) is 10.2 Å². The molecule has 0 unspecified atom stereocenters. The molecule has 6 heteroatoms. The molecule has 0 N–H and O–H groups in total. The Labute approximate surface area is 168 Å². The summed E-state index contributed by atoms with van der Waals surface area (Å²) in [7, 11) is 0. The van der Waals surface area contributed by atoms with Crippen molar-refractivity contribution in [2.24, 2.45) is 0 Å². The van der Waals surface area contributed by atoms with Gasteiger partial charge in [-0.1, -0.05) is 48.0 Å². The fourth-order valence-corrected chi connectivity index (χ4v) is 4.54. The Balaban J connectivity index is 1.45. The lowest BCUT2D eigenvalue weighted by molar-refractivity contribution is 0.0783. The number of carbonyl (C=O) groups excluding carboxylic acids is 1. The maximum absolute atomic E-state index is 13.1. The highest BCUT2D eigenvalue weighted by Gasteiger charge is 2.48. The van der Waals surface area contributed by atoms with Crippen LogP contribution in [0.25, 0.3) is 11.3 Å². The molecule has 1 fully saturated rings. The Morgan fingerprint density at radius 1 is 0.966 bits per heavy atom. The minimum Gasteiger partial charge on any atom is -0.338 e. The number of benzene rings is 2. The Bertz CT molecular complexity index is 1140. The Kier molecular flexibility index (Phi) is 4.08. The minimum atomic E-state index is -0.276. The number of fused-ring (bicyclic) bond motifs is 2. The van der Waals surface area contributed by atoms with Gasteiger partial charge in [0.2, 0.25) is 0 Å². The van der Waals surface area contributed by atoms with Crippen molar-refractivity contribution < 1.29 is 4.79 Å². The first-order valence-electron chi connectivity index (χ1n) is 9.97. The second kappa shape index (κ2) is 6.65. The summed E-state index contributed by atoms with van der Waals surface area (Å²) >= 11 is 0. The number of nitrogens with zero attached hydrogens (tertiary/aromatic N) is 4. The number of aryl methyl sites for hydroxylation is 1. The Hall–Kier alpha value is -3.28. The first kappa shape index (κ1) is 17.8. The van der Waals surface area contributed by atoms with Gasteiger partial charge in [0.15, 0.2) is 5.69 Å². The van der Waals surface area contributed by atoms with E-state index in [1.807, 2.05) is 66.4 Å². The van der Waals surface area contributed by atoms with Gasteiger partial charge in [0, 0.05) is 30.8 Å². The van der Waals surface area contributed by atoms with Crippen molar-refractivity contribution in [2.45, 2.75) is 31.7 Å². The van der Waals surface area contributed by atoms with Crippen molar-refractivity contribution in [3.63, 3.8) is 0 Å². The summed E-state index contributed by atoms with van der Waals surface area (Å²) in [5.41, 5.74) is 2.63. The summed E-state index contributed by atoms with van der Waals surface area (Å²) in [6.45, 7) is 3.88. The molecule has 3 heterocycles. The largest absolute Gasteiger partial charge is 0.338 e. The van der Waals surface area contributed by atoms with Crippen LogP contribution in [0.2, 0.25) is 0 Å². The van der Waals surface area contributed by atoms with Crippen LogP contribution in [0.5, 0.6) is 0 Å². The molecule has 1 aromatic heterocycles. The molecule has 0 radical (unpaired) electrons. The van der Waals surface area contributed by atoms with Crippen LogP contribution in [0.15, 0.2) is 59.4 Å². The molecule has 1 saturated heterocycles. The van der Waals surface area contributed by atoms with Gasteiger partial charge in [-0.25, -0.2) is 0 Å². The fraction of sp³-hybridized carbons (Fsp3) is 0.304. The van der Waals surface area contributed by atoms with E-state index in [2.05, 4.69) is 10.2 Å². The molecule has 6 nitrogen and oxygen atoms in total. The number of amides is 1. The second-order valence-electron chi connectivity index (χ2n) is 8.07. The minimum absolute atomic E-state index is 0.0385. The highest BCUT2D eigenvalue weighted by Crippen LogP contribution is 2.41. The van der Waals surface area contributed by atoms with Gasteiger partial charge in [0.05, 0.1) is 5.41 Å². The number of rotatable bonds is 2. The van der Waals surface area contributed by atoms with Crippen molar-refractivity contribution >= 4 is 5.91 Å². The first-order valence-corrected chi connectivity index (χ1v) is 9.97. The van der Waals surface area contributed by atoms with E-state index in [9.17, 15) is 9.59 Å². The van der Waals surface area contributed by atoms with Crippen molar-refractivity contribution in [1.82, 2.24) is 19.7 Å². The molecule has 1 amide bonds. The lowest BCUT2D eigenvalue weighted by atomic mass is 9.85. The molecule has 0 bridgehead atoms. The molecular weight excluding hydrogens is 364 g/mol. The highest BCUT2D eigenvalue weighted by atomic mass is 16.2. The van der Waals surface area contributed by atoms with Gasteiger partial charge in [-0.3, -0.25) is 14.2 Å². The van der Waals surface area contributed by atoms with E-state index >= 15 is 0 Å². The van der Waals surface area contributed by atoms with E-state index < -0.39 is 0 Å². The normalized spacial score (nSPS) is 20.2. The molecule has 5 rings (SSSR count). The zero-order valence-corrected chi connectivity index (χ0v) is 16.3. The summed E-state index contributed by atoms with van der Waals surface area (Å²) in [4.78, 5) is 27.9. The predicted molar refractivity (Wildman–Crippen MR) is 110 cm³/mol. The van der Waals surface area contributed by atoms with Crippen LogP contribution < -0.4 is 5.56 Å². The molecule has 2 aromatic carbocycles. The van der Waals surface area contributed by atoms with Gasteiger partial charge in [-0.05, 0) is 31.9 Å². The number of hydrogen-bond donors (Lipinski definition) is 0. The van der Waals surface area contributed by atoms with E-state index in [1.165, 1.54) is 0 Å².